The number of nitrogens with one attached hydrogen (secondary N) is 1. The number of nitro groups is 1. The predicted octanol–water partition coefficient (Wildman–Crippen LogP) is 2.96. The van der Waals surface area contributed by atoms with Gasteiger partial charge >= 0.3 is 6.61 Å². The average Bonchev–Trinajstić information content (AvgIpc) is 2.56. The van der Waals surface area contributed by atoms with Crippen LogP contribution in [0.1, 0.15) is 15.9 Å². The third kappa shape index (κ3) is 4.83. The number of hydrazone groups is 1. The summed E-state index contributed by atoms with van der Waals surface area (Å²) >= 11 is 0. The van der Waals surface area contributed by atoms with Crippen molar-refractivity contribution in [3.05, 3.63) is 69.8 Å². The Balaban J connectivity index is 1.97. The normalized spacial score (nSPS) is 10.8. The molecule has 1 N–H and O–H groups in total. The van der Waals surface area contributed by atoms with Crippen molar-refractivity contribution in [2.45, 2.75) is 6.61 Å². The number of halogens is 2. The van der Waals surface area contributed by atoms with E-state index in [0.29, 0.717) is 5.56 Å². The molecule has 2 rings (SSSR count). The summed E-state index contributed by atoms with van der Waals surface area (Å²) in [5, 5.41) is 14.4. The largest absolute Gasteiger partial charge is 0.435 e. The molecule has 0 aliphatic rings. The standard InChI is InChI=1S/C15H11F2N3O4/c16-15(17)24-13-6-4-10(5-7-13)9-18-19-14(21)11-2-1-3-12(8-11)20(22)23/h1-9,15H,(H,19,21). The topological polar surface area (TPSA) is 93.8 Å². The first-order chi connectivity index (χ1) is 11.5. The highest BCUT2D eigenvalue weighted by atomic mass is 19.3. The Labute approximate surface area is 134 Å². The molecule has 0 unspecified atom stereocenters. The Morgan fingerprint density at radius 2 is 1.96 bits per heavy atom. The van der Waals surface area contributed by atoms with Gasteiger partial charge in [0.1, 0.15) is 5.75 Å². The number of non-ortho nitro benzene ring substituents is 1. The fourth-order valence-corrected chi connectivity index (χ4v) is 1.73. The Morgan fingerprint density at radius 3 is 2.58 bits per heavy atom. The molecule has 0 bridgehead atoms. The Morgan fingerprint density at radius 1 is 1.25 bits per heavy atom. The number of nitrogens with zero attached hydrogens (tertiary/aromatic N) is 2. The van der Waals surface area contributed by atoms with Gasteiger partial charge in [-0.3, -0.25) is 14.9 Å². The minimum absolute atomic E-state index is 0.00257. The van der Waals surface area contributed by atoms with Gasteiger partial charge in [-0.25, -0.2) is 5.43 Å². The minimum atomic E-state index is -2.90. The number of benzene rings is 2. The molecular weight excluding hydrogens is 324 g/mol. The first-order valence-corrected chi connectivity index (χ1v) is 6.58. The number of hydrogen-bond acceptors (Lipinski definition) is 5. The van der Waals surface area contributed by atoms with Crippen molar-refractivity contribution in [3.8, 4) is 5.75 Å². The van der Waals surface area contributed by atoms with Gasteiger partial charge in [-0.05, 0) is 35.9 Å². The number of alkyl halides is 2. The maximum atomic E-state index is 12.0. The van der Waals surface area contributed by atoms with E-state index < -0.39 is 17.4 Å². The van der Waals surface area contributed by atoms with Gasteiger partial charge in [0.05, 0.1) is 11.1 Å². The zero-order chi connectivity index (χ0) is 17.5. The summed E-state index contributed by atoms with van der Waals surface area (Å²) in [6, 6.07) is 10.8. The van der Waals surface area contributed by atoms with Gasteiger partial charge in [-0.2, -0.15) is 13.9 Å². The molecule has 0 saturated heterocycles. The SMILES string of the molecule is O=C(NN=Cc1ccc(OC(F)F)cc1)c1cccc([N+](=O)[O-])c1. The van der Waals surface area contributed by atoms with Crippen LogP contribution in [0.5, 0.6) is 5.75 Å². The van der Waals surface area contributed by atoms with Gasteiger partial charge in [-0.15, -0.1) is 0 Å². The molecule has 0 aliphatic heterocycles. The highest BCUT2D eigenvalue weighted by Crippen LogP contribution is 2.14. The molecule has 0 radical (unpaired) electrons. The summed E-state index contributed by atoms with van der Waals surface area (Å²) in [4.78, 5) is 21.9. The molecular formula is C15H11F2N3O4. The molecule has 24 heavy (non-hydrogen) atoms. The lowest BCUT2D eigenvalue weighted by Gasteiger charge is -2.03. The maximum Gasteiger partial charge on any atom is 0.387 e. The second-order valence-electron chi connectivity index (χ2n) is 4.45. The summed E-state index contributed by atoms with van der Waals surface area (Å²) in [5.41, 5.74) is 2.63. The van der Waals surface area contributed by atoms with Crippen LogP contribution in [0.4, 0.5) is 14.5 Å². The molecule has 2 aromatic rings. The van der Waals surface area contributed by atoms with Gasteiger partial charge < -0.3 is 4.74 Å². The van der Waals surface area contributed by atoms with E-state index in [1.807, 2.05) is 0 Å². The summed E-state index contributed by atoms with van der Waals surface area (Å²) in [6.45, 7) is -2.90. The second-order valence-corrected chi connectivity index (χ2v) is 4.45. The molecule has 9 heteroatoms. The summed E-state index contributed by atoms with van der Waals surface area (Å²) in [6.07, 6.45) is 1.29. The van der Waals surface area contributed by atoms with Crippen LogP contribution in [0.2, 0.25) is 0 Å². The first kappa shape index (κ1) is 17.0. The lowest BCUT2D eigenvalue weighted by Crippen LogP contribution is -2.17. The van der Waals surface area contributed by atoms with Crippen LogP contribution in [0.15, 0.2) is 53.6 Å². The van der Waals surface area contributed by atoms with Gasteiger partial charge in [0, 0.05) is 17.7 Å². The molecule has 0 spiro atoms. The smallest absolute Gasteiger partial charge is 0.387 e. The van der Waals surface area contributed by atoms with E-state index in [2.05, 4.69) is 15.3 Å². The number of hydrogen-bond donors (Lipinski definition) is 1. The molecule has 0 heterocycles. The monoisotopic (exact) mass is 335 g/mol. The minimum Gasteiger partial charge on any atom is -0.435 e. The molecule has 0 aromatic heterocycles. The van der Waals surface area contributed by atoms with Crippen molar-refractivity contribution in [1.82, 2.24) is 5.43 Å². The molecule has 7 nitrogen and oxygen atoms in total. The Bertz CT molecular complexity index is 764. The van der Waals surface area contributed by atoms with Crippen molar-refractivity contribution >= 4 is 17.8 Å². The Hall–Kier alpha value is -3.36. The highest BCUT2D eigenvalue weighted by Gasteiger charge is 2.10. The molecule has 0 aliphatic carbocycles. The van der Waals surface area contributed by atoms with Crippen LogP contribution in [0, 0.1) is 10.1 Å². The van der Waals surface area contributed by atoms with Crippen molar-refractivity contribution in [2.75, 3.05) is 0 Å². The van der Waals surface area contributed by atoms with E-state index in [4.69, 9.17) is 0 Å². The van der Waals surface area contributed by atoms with Crippen LogP contribution in [0.3, 0.4) is 0 Å². The van der Waals surface area contributed by atoms with Crippen LogP contribution < -0.4 is 10.2 Å². The molecule has 0 fully saturated rings. The zero-order valence-electron chi connectivity index (χ0n) is 12.1. The number of nitro benzene ring substituents is 1. The third-order valence-electron chi connectivity index (χ3n) is 2.80. The lowest BCUT2D eigenvalue weighted by molar-refractivity contribution is -0.384. The van der Waals surface area contributed by atoms with Crippen molar-refractivity contribution < 1.29 is 23.2 Å². The number of rotatable bonds is 6. The van der Waals surface area contributed by atoms with Crippen molar-refractivity contribution in [1.29, 1.82) is 0 Å². The number of amides is 1. The Kier molecular flexibility index (Phi) is 5.50. The third-order valence-corrected chi connectivity index (χ3v) is 2.80. The van der Waals surface area contributed by atoms with E-state index in [1.165, 1.54) is 48.7 Å². The number of carbonyl (C=O) groups excluding carboxylic acids is 1. The highest BCUT2D eigenvalue weighted by molar-refractivity contribution is 5.95. The average molecular weight is 335 g/mol. The van der Waals surface area contributed by atoms with Crippen LogP contribution in [-0.4, -0.2) is 23.7 Å². The molecule has 2 aromatic carbocycles. The van der Waals surface area contributed by atoms with Crippen LogP contribution in [-0.2, 0) is 0 Å². The van der Waals surface area contributed by atoms with E-state index in [1.54, 1.807) is 0 Å². The number of carbonyl (C=O) groups is 1. The quantitative estimate of drug-likeness (QED) is 0.499. The summed E-state index contributed by atoms with van der Waals surface area (Å²) < 4.78 is 28.2. The van der Waals surface area contributed by atoms with Crippen LogP contribution in [0.25, 0.3) is 0 Å². The maximum absolute atomic E-state index is 12.0. The van der Waals surface area contributed by atoms with Gasteiger partial charge in [0.2, 0.25) is 0 Å². The lowest BCUT2D eigenvalue weighted by atomic mass is 10.2. The van der Waals surface area contributed by atoms with E-state index >= 15 is 0 Å². The predicted molar refractivity (Wildman–Crippen MR) is 81.2 cm³/mol. The first-order valence-electron chi connectivity index (χ1n) is 6.58. The molecule has 124 valence electrons. The summed E-state index contributed by atoms with van der Waals surface area (Å²) in [5.74, 6) is -0.615. The van der Waals surface area contributed by atoms with E-state index in [9.17, 15) is 23.7 Å². The van der Waals surface area contributed by atoms with E-state index in [0.717, 1.165) is 6.07 Å². The molecule has 0 saturated carbocycles. The van der Waals surface area contributed by atoms with Crippen molar-refractivity contribution in [3.63, 3.8) is 0 Å². The van der Waals surface area contributed by atoms with Gasteiger partial charge in [-0.1, -0.05) is 6.07 Å². The summed E-state index contributed by atoms with van der Waals surface area (Å²) in [7, 11) is 0. The zero-order valence-corrected chi connectivity index (χ0v) is 12.1. The number of ether oxygens (including phenoxy) is 1. The van der Waals surface area contributed by atoms with E-state index in [-0.39, 0.29) is 17.0 Å². The fourth-order valence-electron chi connectivity index (χ4n) is 1.73. The molecule has 1 amide bonds. The fraction of sp³-hybridized carbons (Fsp3) is 0.0667. The second kappa shape index (κ2) is 7.77. The van der Waals surface area contributed by atoms with Gasteiger partial charge in [0.15, 0.2) is 0 Å². The van der Waals surface area contributed by atoms with Crippen LogP contribution >= 0.6 is 0 Å². The van der Waals surface area contributed by atoms with Crippen molar-refractivity contribution in [2.24, 2.45) is 5.10 Å². The van der Waals surface area contributed by atoms with Gasteiger partial charge in [0.25, 0.3) is 11.6 Å². The molecule has 0 atom stereocenters.